The van der Waals surface area contributed by atoms with E-state index >= 15 is 0 Å². The van der Waals surface area contributed by atoms with Crippen LogP contribution in [0.15, 0.2) is 77.3 Å². The molecule has 2 amide bonds. The summed E-state index contributed by atoms with van der Waals surface area (Å²) in [7, 11) is 0. The number of benzene rings is 3. The van der Waals surface area contributed by atoms with Crippen molar-refractivity contribution >= 4 is 45.0 Å². The van der Waals surface area contributed by atoms with E-state index in [1.54, 1.807) is 49.4 Å². The van der Waals surface area contributed by atoms with E-state index in [9.17, 15) is 9.59 Å². The van der Waals surface area contributed by atoms with Gasteiger partial charge in [0.15, 0.2) is 6.10 Å². The third-order valence-corrected chi connectivity index (χ3v) is 5.39. The molecule has 3 rings (SSSR count). The first-order valence-electron chi connectivity index (χ1n) is 9.78. The van der Waals surface area contributed by atoms with E-state index in [-0.39, 0.29) is 11.8 Å². The van der Waals surface area contributed by atoms with E-state index in [1.807, 2.05) is 30.3 Å². The van der Waals surface area contributed by atoms with Gasteiger partial charge in [-0.05, 0) is 65.2 Å². The van der Waals surface area contributed by atoms with Gasteiger partial charge in [0.25, 0.3) is 11.8 Å². The van der Waals surface area contributed by atoms with Gasteiger partial charge in [-0.2, -0.15) is 0 Å². The molecule has 160 valence electrons. The summed E-state index contributed by atoms with van der Waals surface area (Å²) in [6, 6.07) is 21.9. The van der Waals surface area contributed by atoms with Crippen LogP contribution in [0.1, 0.15) is 22.8 Å². The predicted molar refractivity (Wildman–Crippen MR) is 127 cm³/mol. The van der Waals surface area contributed by atoms with E-state index in [4.69, 9.17) is 16.3 Å². The summed E-state index contributed by atoms with van der Waals surface area (Å²) in [6.45, 7) is 2.13. The van der Waals surface area contributed by atoms with E-state index in [0.29, 0.717) is 33.0 Å². The van der Waals surface area contributed by atoms with Crippen molar-refractivity contribution in [3.05, 3.63) is 93.4 Å². The number of carbonyl (C=O) groups excluding carboxylic acids is 2. The molecule has 0 saturated carbocycles. The number of amides is 2. The molecule has 5 nitrogen and oxygen atoms in total. The molecule has 0 heterocycles. The van der Waals surface area contributed by atoms with Crippen LogP contribution in [0, 0.1) is 0 Å². The van der Waals surface area contributed by atoms with Crippen molar-refractivity contribution in [3.63, 3.8) is 0 Å². The number of nitrogens with one attached hydrogen (secondary N) is 2. The quantitative estimate of drug-likeness (QED) is 0.429. The Bertz CT molecular complexity index is 1060. The Labute approximate surface area is 194 Å². The Hall–Kier alpha value is -2.83. The molecule has 7 heteroatoms. The highest BCUT2D eigenvalue weighted by atomic mass is 79.9. The Morgan fingerprint density at radius 1 is 1.03 bits per heavy atom. The zero-order valence-electron chi connectivity index (χ0n) is 16.9. The maximum atomic E-state index is 12.7. The van der Waals surface area contributed by atoms with Gasteiger partial charge in [0.05, 0.1) is 15.7 Å². The van der Waals surface area contributed by atoms with Crippen molar-refractivity contribution in [2.45, 2.75) is 19.4 Å². The molecule has 0 fully saturated rings. The molecule has 3 aromatic carbocycles. The fourth-order valence-corrected chi connectivity index (χ4v) is 3.68. The smallest absolute Gasteiger partial charge is 0.265 e. The van der Waals surface area contributed by atoms with Crippen LogP contribution in [-0.2, 0) is 11.2 Å². The summed E-state index contributed by atoms with van der Waals surface area (Å²) in [5.74, 6) is -0.119. The van der Waals surface area contributed by atoms with E-state index in [2.05, 4.69) is 26.6 Å². The molecule has 1 atom stereocenters. The molecule has 0 saturated heterocycles. The molecule has 3 aromatic rings. The zero-order chi connectivity index (χ0) is 22.2. The van der Waals surface area contributed by atoms with Crippen LogP contribution < -0.4 is 15.4 Å². The molecule has 0 spiro atoms. The van der Waals surface area contributed by atoms with Crippen LogP contribution in [0.3, 0.4) is 0 Å². The topological polar surface area (TPSA) is 67.4 Å². The van der Waals surface area contributed by atoms with Crippen LogP contribution >= 0.6 is 27.5 Å². The number of ether oxygens (including phenoxy) is 1. The van der Waals surface area contributed by atoms with Crippen molar-refractivity contribution in [1.29, 1.82) is 0 Å². The standard InChI is InChI=1S/C24H22BrClN2O3/c1-16(31-22-12-11-18(26)15-20(22)25)23(29)28-21-10-6-5-9-19(21)24(30)27-14-13-17-7-3-2-4-8-17/h2-12,15-16H,13-14H2,1H3,(H,27,30)(H,28,29)/t16-/m1/s1. The molecule has 0 aliphatic carbocycles. The lowest BCUT2D eigenvalue weighted by molar-refractivity contribution is -0.122. The van der Waals surface area contributed by atoms with Crippen LogP contribution in [-0.4, -0.2) is 24.5 Å². The number of carbonyl (C=O) groups is 2. The van der Waals surface area contributed by atoms with Crippen LogP contribution in [0.5, 0.6) is 5.75 Å². The molecule has 0 aliphatic rings. The number of anilines is 1. The Morgan fingerprint density at radius 2 is 1.74 bits per heavy atom. The number of halogens is 2. The van der Waals surface area contributed by atoms with Gasteiger partial charge in [0.1, 0.15) is 5.75 Å². The van der Waals surface area contributed by atoms with Crippen LogP contribution in [0.4, 0.5) is 5.69 Å². The van der Waals surface area contributed by atoms with Gasteiger partial charge in [-0.25, -0.2) is 0 Å². The molecular formula is C24H22BrClN2O3. The third-order valence-electron chi connectivity index (χ3n) is 4.54. The lowest BCUT2D eigenvalue weighted by atomic mass is 10.1. The summed E-state index contributed by atoms with van der Waals surface area (Å²) < 4.78 is 6.38. The molecule has 0 aromatic heterocycles. The minimum absolute atomic E-state index is 0.249. The highest BCUT2D eigenvalue weighted by Gasteiger charge is 2.19. The van der Waals surface area contributed by atoms with E-state index in [1.165, 1.54) is 0 Å². The third kappa shape index (κ3) is 6.57. The highest BCUT2D eigenvalue weighted by molar-refractivity contribution is 9.10. The molecule has 31 heavy (non-hydrogen) atoms. The second-order valence-corrected chi connectivity index (χ2v) is 8.15. The molecule has 2 N–H and O–H groups in total. The SMILES string of the molecule is C[C@@H](Oc1ccc(Cl)cc1Br)C(=O)Nc1ccccc1C(=O)NCCc1ccccc1. The van der Waals surface area contributed by atoms with E-state index in [0.717, 1.165) is 12.0 Å². The second kappa shape index (κ2) is 11.0. The van der Waals surface area contributed by atoms with Crippen molar-refractivity contribution < 1.29 is 14.3 Å². The fourth-order valence-electron chi connectivity index (χ4n) is 2.90. The van der Waals surface area contributed by atoms with Crippen molar-refractivity contribution in [2.24, 2.45) is 0 Å². The highest BCUT2D eigenvalue weighted by Crippen LogP contribution is 2.29. The Kier molecular flexibility index (Phi) is 8.09. The molecule has 0 bridgehead atoms. The molecule has 0 unspecified atom stereocenters. The number of para-hydroxylation sites is 1. The lowest BCUT2D eigenvalue weighted by Gasteiger charge is -2.17. The van der Waals surface area contributed by atoms with Gasteiger partial charge in [-0.3, -0.25) is 9.59 Å². The largest absolute Gasteiger partial charge is 0.480 e. The Balaban J connectivity index is 1.61. The van der Waals surface area contributed by atoms with Crippen LogP contribution in [0.25, 0.3) is 0 Å². The first-order valence-corrected chi connectivity index (χ1v) is 10.9. The van der Waals surface area contributed by atoms with Crippen molar-refractivity contribution in [2.75, 3.05) is 11.9 Å². The number of hydrogen-bond acceptors (Lipinski definition) is 3. The van der Waals surface area contributed by atoms with Gasteiger partial charge in [0, 0.05) is 11.6 Å². The summed E-state index contributed by atoms with van der Waals surface area (Å²) in [5.41, 5.74) is 1.96. The summed E-state index contributed by atoms with van der Waals surface area (Å²) in [5, 5.41) is 6.25. The number of hydrogen-bond donors (Lipinski definition) is 2. The molecular weight excluding hydrogens is 480 g/mol. The monoisotopic (exact) mass is 500 g/mol. The minimum atomic E-state index is -0.785. The predicted octanol–water partition coefficient (Wildman–Crippen LogP) is 5.48. The van der Waals surface area contributed by atoms with E-state index < -0.39 is 6.10 Å². The van der Waals surface area contributed by atoms with Crippen molar-refractivity contribution in [1.82, 2.24) is 5.32 Å². The zero-order valence-corrected chi connectivity index (χ0v) is 19.2. The van der Waals surface area contributed by atoms with Gasteiger partial charge in [0.2, 0.25) is 0 Å². The van der Waals surface area contributed by atoms with Crippen molar-refractivity contribution in [3.8, 4) is 5.75 Å². The minimum Gasteiger partial charge on any atom is -0.480 e. The lowest BCUT2D eigenvalue weighted by Crippen LogP contribution is -2.32. The van der Waals surface area contributed by atoms with Gasteiger partial charge < -0.3 is 15.4 Å². The fraction of sp³-hybridized carbons (Fsp3) is 0.167. The van der Waals surface area contributed by atoms with Gasteiger partial charge in [-0.15, -0.1) is 0 Å². The maximum Gasteiger partial charge on any atom is 0.265 e. The summed E-state index contributed by atoms with van der Waals surface area (Å²) in [6.07, 6.45) is -0.0613. The average Bonchev–Trinajstić information content (AvgIpc) is 2.76. The second-order valence-electron chi connectivity index (χ2n) is 6.86. The normalized spacial score (nSPS) is 11.5. The maximum absolute atomic E-state index is 12.7. The van der Waals surface area contributed by atoms with Crippen LogP contribution in [0.2, 0.25) is 5.02 Å². The molecule has 0 aliphatic heterocycles. The van der Waals surface area contributed by atoms with Gasteiger partial charge in [-0.1, -0.05) is 54.1 Å². The molecule has 0 radical (unpaired) electrons. The summed E-state index contributed by atoms with van der Waals surface area (Å²) in [4.78, 5) is 25.3. The summed E-state index contributed by atoms with van der Waals surface area (Å²) >= 11 is 9.31. The number of rotatable bonds is 8. The first kappa shape index (κ1) is 22.8. The van der Waals surface area contributed by atoms with Gasteiger partial charge >= 0.3 is 0 Å². The first-order chi connectivity index (χ1) is 14.9. The Morgan fingerprint density at radius 3 is 2.48 bits per heavy atom. The average molecular weight is 502 g/mol.